The summed E-state index contributed by atoms with van der Waals surface area (Å²) in [6, 6.07) is 5.85. The fraction of sp³-hybridized carbons (Fsp3) is 0.389. The van der Waals surface area contributed by atoms with E-state index in [2.05, 4.69) is 34.8 Å². The van der Waals surface area contributed by atoms with Gasteiger partial charge in [-0.15, -0.1) is 0 Å². The van der Waals surface area contributed by atoms with E-state index in [-0.39, 0.29) is 11.2 Å². The van der Waals surface area contributed by atoms with Crippen molar-refractivity contribution in [3.63, 3.8) is 0 Å². The number of Topliss-reactive ketones (excluding diaryl/α,β-unsaturated/α-hetero) is 1. The molecule has 2 aliphatic rings. The van der Waals surface area contributed by atoms with Crippen LogP contribution in [-0.4, -0.2) is 18.0 Å². The number of nitriles is 1. The molecule has 0 saturated carbocycles. The Morgan fingerprint density at radius 2 is 2.04 bits per heavy atom. The van der Waals surface area contributed by atoms with E-state index >= 15 is 0 Å². The molecular weight excluding hydrogens is 359 g/mol. The maximum Gasteiger partial charge on any atom is 0.165 e. The van der Waals surface area contributed by atoms with Gasteiger partial charge in [-0.25, -0.2) is 4.39 Å². The molecule has 0 fully saturated rings. The van der Waals surface area contributed by atoms with Gasteiger partial charge in [-0.1, -0.05) is 13.8 Å². The summed E-state index contributed by atoms with van der Waals surface area (Å²) in [5, 5.41) is 8.41. The second-order valence-corrected chi connectivity index (χ2v) is 7.41. The molecule has 3 rings (SSSR count). The minimum Gasteiger partial charge on any atom is -0.294 e. The van der Waals surface area contributed by atoms with Gasteiger partial charge in [0, 0.05) is 22.2 Å². The highest BCUT2D eigenvalue weighted by atomic mass is 79.9. The van der Waals surface area contributed by atoms with Gasteiger partial charge in [0.15, 0.2) is 5.78 Å². The Balaban J connectivity index is 0.000000174. The van der Waals surface area contributed by atoms with E-state index in [1.807, 2.05) is 13.0 Å². The third-order valence-electron chi connectivity index (χ3n) is 3.88. The van der Waals surface area contributed by atoms with Crippen molar-refractivity contribution in [2.45, 2.75) is 33.6 Å². The molecule has 0 N–H and O–H groups in total. The Kier molecular flexibility index (Phi) is 5.16. The van der Waals surface area contributed by atoms with Crippen LogP contribution in [0.4, 0.5) is 4.39 Å². The average Bonchev–Trinajstić information content (AvgIpc) is 2.79. The number of nitrogens with zero attached hydrogens (tertiary/aromatic N) is 2. The maximum atomic E-state index is 12.3. The number of halogens is 2. The molecule has 23 heavy (non-hydrogen) atoms. The normalized spacial score (nSPS) is 18.6. The summed E-state index contributed by atoms with van der Waals surface area (Å²) in [4.78, 5) is 16.1. The second kappa shape index (κ2) is 6.76. The SMILES string of the molecule is CC1=NCC2=C1C(=O)CC(C)(C)C2.N#Cc1ccc(F)cc1Br. The number of carbonyl (C=O) groups excluding carboxylic acids is 1. The predicted molar refractivity (Wildman–Crippen MR) is 91.8 cm³/mol. The van der Waals surface area contributed by atoms with Gasteiger partial charge in [-0.2, -0.15) is 5.26 Å². The highest BCUT2D eigenvalue weighted by molar-refractivity contribution is 9.10. The minimum atomic E-state index is -0.342. The first kappa shape index (κ1) is 17.6. The largest absolute Gasteiger partial charge is 0.294 e. The first-order valence-corrected chi connectivity index (χ1v) is 8.14. The summed E-state index contributed by atoms with van der Waals surface area (Å²) >= 11 is 3.04. The van der Waals surface area contributed by atoms with Crippen LogP contribution in [-0.2, 0) is 4.79 Å². The van der Waals surface area contributed by atoms with Gasteiger partial charge in [0.05, 0.1) is 12.1 Å². The van der Waals surface area contributed by atoms with E-state index in [1.165, 1.54) is 23.8 Å². The topological polar surface area (TPSA) is 53.2 Å². The molecule has 0 atom stereocenters. The molecule has 1 heterocycles. The lowest BCUT2D eigenvalue weighted by atomic mass is 9.73. The quantitative estimate of drug-likeness (QED) is 0.663. The monoisotopic (exact) mass is 376 g/mol. The molecule has 0 spiro atoms. The third kappa shape index (κ3) is 4.14. The van der Waals surface area contributed by atoms with Gasteiger partial charge in [-0.3, -0.25) is 9.79 Å². The standard InChI is InChI=1S/C11H15NO.C7H3BrFN/c1-7-10-8(6-12-7)4-11(2,3)5-9(10)13;8-7-3-6(9)2-1-5(7)4-10/h4-6H2,1-3H3;1-3H. The zero-order valence-corrected chi connectivity index (χ0v) is 15.0. The lowest BCUT2D eigenvalue weighted by Crippen LogP contribution is -2.26. The molecule has 0 radical (unpaired) electrons. The number of benzene rings is 1. The molecule has 1 aliphatic carbocycles. The van der Waals surface area contributed by atoms with Gasteiger partial charge in [0.25, 0.3) is 0 Å². The Labute approximate surface area is 144 Å². The van der Waals surface area contributed by atoms with Crippen LogP contribution in [0.5, 0.6) is 0 Å². The molecule has 0 aromatic heterocycles. The molecule has 0 amide bonds. The number of ketones is 1. The van der Waals surface area contributed by atoms with Crippen LogP contribution in [0.15, 0.2) is 38.8 Å². The maximum absolute atomic E-state index is 12.3. The summed E-state index contributed by atoms with van der Waals surface area (Å²) in [6.45, 7) is 7.01. The van der Waals surface area contributed by atoms with Crippen molar-refractivity contribution in [2.75, 3.05) is 6.54 Å². The lowest BCUT2D eigenvalue weighted by molar-refractivity contribution is -0.117. The highest BCUT2D eigenvalue weighted by Gasteiger charge is 2.35. The van der Waals surface area contributed by atoms with E-state index < -0.39 is 0 Å². The van der Waals surface area contributed by atoms with Gasteiger partial charge >= 0.3 is 0 Å². The van der Waals surface area contributed by atoms with Crippen LogP contribution in [0.3, 0.4) is 0 Å². The Bertz CT molecular complexity index is 757. The summed E-state index contributed by atoms with van der Waals surface area (Å²) in [7, 11) is 0. The molecule has 5 heteroatoms. The number of aliphatic imine (C=N–C) groups is 1. The smallest absolute Gasteiger partial charge is 0.165 e. The second-order valence-electron chi connectivity index (χ2n) is 6.56. The van der Waals surface area contributed by atoms with Crippen LogP contribution in [0.25, 0.3) is 0 Å². The molecule has 120 valence electrons. The van der Waals surface area contributed by atoms with Crippen molar-refractivity contribution in [2.24, 2.45) is 10.4 Å². The van der Waals surface area contributed by atoms with Crippen molar-refractivity contribution in [1.29, 1.82) is 5.26 Å². The first-order valence-electron chi connectivity index (χ1n) is 7.35. The Morgan fingerprint density at radius 1 is 1.35 bits per heavy atom. The molecule has 3 nitrogen and oxygen atoms in total. The summed E-state index contributed by atoms with van der Waals surface area (Å²) in [5.41, 5.74) is 3.76. The Morgan fingerprint density at radius 3 is 2.65 bits per heavy atom. The molecule has 0 bridgehead atoms. The zero-order chi connectivity index (χ0) is 17.2. The zero-order valence-electron chi connectivity index (χ0n) is 13.4. The molecule has 1 aliphatic heterocycles. The molecule has 1 aromatic rings. The van der Waals surface area contributed by atoms with E-state index in [0.717, 1.165) is 24.3 Å². The number of allylic oxidation sites excluding steroid dienone is 1. The first-order chi connectivity index (χ1) is 10.7. The minimum absolute atomic E-state index is 0.149. The summed E-state index contributed by atoms with van der Waals surface area (Å²) in [5.74, 6) is -0.0455. The third-order valence-corrected chi connectivity index (χ3v) is 4.54. The van der Waals surface area contributed by atoms with Crippen LogP contribution in [0.2, 0.25) is 0 Å². The van der Waals surface area contributed by atoms with Crippen LogP contribution < -0.4 is 0 Å². The molecule has 0 saturated heterocycles. The van der Waals surface area contributed by atoms with Crippen molar-refractivity contribution in [3.05, 3.63) is 45.2 Å². The van der Waals surface area contributed by atoms with Crippen LogP contribution in [0, 0.1) is 22.6 Å². The summed E-state index contributed by atoms with van der Waals surface area (Å²) in [6.07, 6.45) is 1.72. The number of carbonyl (C=O) groups is 1. The fourth-order valence-corrected chi connectivity index (χ4v) is 3.35. The van der Waals surface area contributed by atoms with Crippen LogP contribution in [0.1, 0.15) is 39.2 Å². The van der Waals surface area contributed by atoms with Crippen LogP contribution >= 0.6 is 15.9 Å². The van der Waals surface area contributed by atoms with Gasteiger partial charge in [0.2, 0.25) is 0 Å². The highest BCUT2D eigenvalue weighted by Crippen LogP contribution is 2.39. The van der Waals surface area contributed by atoms with E-state index in [1.54, 1.807) is 0 Å². The van der Waals surface area contributed by atoms with Gasteiger partial charge < -0.3 is 0 Å². The van der Waals surface area contributed by atoms with E-state index in [0.29, 0.717) is 22.2 Å². The lowest BCUT2D eigenvalue weighted by Gasteiger charge is -2.29. The van der Waals surface area contributed by atoms with Crippen molar-refractivity contribution < 1.29 is 9.18 Å². The van der Waals surface area contributed by atoms with Gasteiger partial charge in [-0.05, 0) is 58.5 Å². The number of rotatable bonds is 0. The number of hydrogen-bond donors (Lipinski definition) is 0. The van der Waals surface area contributed by atoms with Gasteiger partial charge in [0.1, 0.15) is 11.9 Å². The fourth-order valence-electron chi connectivity index (χ4n) is 2.91. The van der Waals surface area contributed by atoms with Crippen molar-refractivity contribution >= 4 is 27.4 Å². The molecule has 1 aromatic carbocycles. The summed E-state index contributed by atoms with van der Waals surface area (Å²) < 4.78 is 12.8. The van der Waals surface area contributed by atoms with Crippen molar-refractivity contribution in [1.82, 2.24) is 0 Å². The Hall–Kier alpha value is -1.80. The molecule has 0 unspecified atom stereocenters. The van der Waals surface area contributed by atoms with Crippen molar-refractivity contribution in [3.8, 4) is 6.07 Å². The van der Waals surface area contributed by atoms with E-state index in [4.69, 9.17) is 5.26 Å². The average molecular weight is 377 g/mol. The number of hydrogen-bond acceptors (Lipinski definition) is 3. The predicted octanol–water partition coefficient (Wildman–Crippen LogP) is 4.61. The van der Waals surface area contributed by atoms with E-state index in [9.17, 15) is 9.18 Å². The molecular formula is C18H18BrFN2O.